The van der Waals surface area contributed by atoms with Crippen molar-refractivity contribution in [3.8, 4) is 11.4 Å². The first kappa shape index (κ1) is 14.9. The summed E-state index contributed by atoms with van der Waals surface area (Å²) in [6.45, 7) is 0.188. The number of aromatic amines is 1. The van der Waals surface area contributed by atoms with Gasteiger partial charge in [0.15, 0.2) is 0 Å². The fourth-order valence-electron chi connectivity index (χ4n) is 1.94. The van der Waals surface area contributed by atoms with E-state index in [0.717, 1.165) is 5.56 Å². The molecule has 1 aromatic carbocycles. The van der Waals surface area contributed by atoms with E-state index in [1.54, 1.807) is 12.1 Å². The zero-order valence-corrected chi connectivity index (χ0v) is 12.6. The molecule has 0 bridgehead atoms. The maximum absolute atomic E-state index is 12.0. The van der Waals surface area contributed by atoms with Crippen molar-refractivity contribution in [2.75, 3.05) is 0 Å². The standard InChI is InChI=1S/C15H11N3O4S/c19-15(22-8-10-4-5-23-9-10)13-7-16-14(17-13)11-2-1-3-12(6-11)18(20)21/h1-7,9H,8H2,(H,16,17). The van der Waals surface area contributed by atoms with Gasteiger partial charge in [-0.25, -0.2) is 9.78 Å². The van der Waals surface area contributed by atoms with E-state index >= 15 is 0 Å². The number of nitrogens with zero attached hydrogens (tertiary/aromatic N) is 2. The number of esters is 1. The maximum atomic E-state index is 12.0. The van der Waals surface area contributed by atoms with Crippen molar-refractivity contribution in [1.29, 1.82) is 0 Å². The predicted octanol–water partition coefficient (Wildman–Crippen LogP) is 3.40. The van der Waals surface area contributed by atoms with Crippen LogP contribution in [0.4, 0.5) is 5.69 Å². The SMILES string of the molecule is O=C(OCc1ccsc1)c1cnc(-c2cccc([N+](=O)[O-])c2)[nH]1. The highest BCUT2D eigenvalue weighted by molar-refractivity contribution is 7.07. The van der Waals surface area contributed by atoms with Crippen LogP contribution in [0.1, 0.15) is 16.1 Å². The molecule has 0 aliphatic heterocycles. The highest BCUT2D eigenvalue weighted by Crippen LogP contribution is 2.21. The van der Waals surface area contributed by atoms with Gasteiger partial charge in [-0.05, 0) is 16.8 Å². The van der Waals surface area contributed by atoms with Crippen molar-refractivity contribution in [2.24, 2.45) is 0 Å². The molecular weight excluding hydrogens is 318 g/mol. The normalized spacial score (nSPS) is 10.4. The molecule has 1 N–H and O–H groups in total. The highest BCUT2D eigenvalue weighted by Gasteiger charge is 2.14. The van der Waals surface area contributed by atoms with Crippen molar-refractivity contribution in [3.05, 3.63) is 68.7 Å². The first-order chi connectivity index (χ1) is 11.1. The molecule has 0 aliphatic rings. The largest absolute Gasteiger partial charge is 0.456 e. The third-order valence-electron chi connectivity index (χ3n) is 3.08. The first-order valence-corrected chi connectivity index (χ1v) is 7.56. The van der Waals surface area contributed by atoms with Crippen LogP contribution < -0.4 is 0 Å². The van der Waals surface area contributed by atoms with Crippen LogP contribution in [0.25, 0.3) is 11.4 Å². The molecule has 0 atom stereocenters. The Morgan fingerprint density at radius 1 is 1.39 bits per heavy atom. The maximum Gasteiger partial charge on any atom is 0.356 e. The zero-order chi connectivity index (χ0) is 16.2. The van der Waals surface area contributed by atoms with Gasteiger partial charge in [0.25, 0.3) is 5.69 Å². The van der Waals surface area contributed by atoms with Gasteiger partial charge >= 0.3 is 5.97 Å². The fraction of sp³-hybridized carbons (Fsp3) is 0.0667. The minimum Gasteiger partial charge on any atom is -0.456 e. The Bertz CT molecular complexity index is 842. The Morgan fingerprint density at radius 2 is 2.26 bits per heavy atom. The summed E-state index contributed by atoms with van der Waals surface area (Å²) in [7, 11) is 0. The van der Waals surface area contributed by atoms with Crippen LogP contribution in [0.15, 0.2) is 47.3 Å². The Morgan fingerprint density at radius 3 is 3.00 bits per heavy atom. The van der Waals surface area contributed by atoms with Gasteiger partial charge in [-0.2, -0.15) is 11.3 Å². The summed E-state index contributed by atoms with van der Waals surface area (Å²) in [6, 6.07) is 7.89. The van der Waals surface area contributed by atoms with Gasteiger partial charge in [0.05, 0.1) is 11.1 Å². The lowest BCUT2D eigenvalue weighted by Gasteiger charge is -2.01. The third-order valence-corrected chi connectivity index (χ3v) is 3.81. The number of nitro groups is 1. The van der Waals surface area contributed by atoms with Crippen molar-refractivity contribution >= 4 is 23.0 Å². The van der Waals surface area contributed by atoms with Crippen LogP contribution in [-0.4, -0.2) is 20.9 Å². The molecular formula is C15H11N3O4S. The number of hydrogen-bond donors (Lipinski definition) is 1. The molecule has 0 amide bonds. The van der Waals surface area contributed by atoms with E-state index in [4.69, 9.17) is 4.74 Å². The third kappa shape index (κ3) is 3.43. The summed E-state index contributed by atoms with van der Waals surface area (Å²) in [5, 5.41) is 14.6. The second kappa shape index (κ2) is 6.41. The molecule has 0 radical (unpaired) electrons. The van der Waals surface area contributed by atoms with Crippen LogP contribution >= 0.6 is 11.3 Å². The van der Waals surface area contributed by atoms with Crippen LogP contribution in [0, 0.1) is 10.1 Å². The van der Waals surface area contributed by atoms with Crippen molar-refractivity contribution in [3.63, 3.8) is 0 Å². The highest BCUT2D eigenvalue weighted by atomic mass is 32.1. The lowest BCUT2D eigenvalue weighted by molar-refractivity contribution is -0.384. The number of thiophene rings is 1. The summed E-state index contributed by atoms with van der Waals surface area (Å²) in [6.07, 6.45) is 1.35. The molecule has 3 aromatic rings. The number of rotatable bonds is 5. The van der Waals surface area contributed by atoms with Gasteiger partial charge in [-0.1, -0.05) is 12.1 Å². The predicted molar refractivity (Wildman–Crippen MR) is 84.1 cm³/mol. The zero-order valence-electron chi connectivity index (χ0n) is 11.8. The number of carbonyl (C=O) groups is 1. The summed E-state index contributed by atoms with van der Waals surface area (Å²) in [5.74, 6) is -0.156. The minimum atomic E-state index is -0.527. The number of H-pyrrole nitrogens is 1. The van der Waals surface area contributed by atoms with E-state index in [-0.39, 0.29) is 18.0 Å². The molecule has 3 rings (SSSR count). The smallest absolute Gasteiger partial charge is 0.356 e. The van der Waals surface area contributed by atoms with Crippen LogP contribution in [0.5, 0.6) is 0 Å². The van der Waals surface area contributed by atoms with E-state index in [0.29, 0.717) is 11.4 Å². The number of non-ortho nitro benzene ring substituents is 1. The fourth-order valence-corrected chi connectivity index (χ4v) is 2.59. The van der Waals surface area contributed by atoms with Crippen LogP contribution in [0.2, 0.25) is 0 Å². The summed E-state index contributed by atoms with van der Waals surface area (Å²) in [5.41, 5.74) is 1.60. The number of ether oxygens (including phenoxy) is 1. The van der Waals surface area contributed by atoms with Gasteiger partial charge in [-0.15, -0.1) is 0 Å². The second-order valence-corrected chi connectivity index (χ2v) is 5.44. The summed E-state index contributed by atoms with van der Waals surface area (Å²) < 4.78 is 5.17. The van der Waals surface area contributed by atoms with E-state index in [1.165, 1.54) is 29.7 Å². The molecule has 2 aromatic heterocycles. The van der Waals surface area contributed by atoms with Crippen molar-refractivity contribution < 1.29 is 14.5 Å². The molecule has 116 valence electrons. The monoisotopic (exact) mass is 329 g/mol. The molecule has 8 heteroatoms. The van der Waals surface area contributed by atoms with Crippen molar-refractivity contribution in [1.82, 2.24) is 9.97 Å². The number of aromatic nitrogens is 2. The molecule has 0 fully saturated rings. The molecule has 0 saturated heterocycles. The topological polar surface area (TPSA) is 98.1 Å². The molecule has 7 nitrogen and oxygen atoms in total. The van der Waals surface area contributed by atoms with Crippen LogP contribution in [0.3, 0.4) is 0 Å². The van der Waals surface area contributed by atoms with Crippen LogP contribution in [-0.2, 0) is 11.3 Å². The molecule has 2 heterocycles. The average Bonchev–Trinajstić information content (AvgIpc) is 3.24. The second-order valence-electron chi connectivity index (χ2n) is 4.66. The molecule has 0 aliphatic carbocycles. The Kier molecular flexibility index (Phi) is 4.15. The van der Waals surface area contributed by atoms with Gasteiger partial charge in [0.1, 0.15) is 18.1 Å². The molecule has 0 unspecified atom stereocenters. The number of carbonyl (C=O) groups excluding carboxylic acids is 1. The molecule has 0 spiro atoms. The van der Waals surface area contributed by atoms with E-state index in [2.05, 4.69) is 9.97 Å². The number of nitro benzene ring substituents is 1. The van der Waals surface area contributed by atoms with E-state index < -0.39 is 10.9 Å². The minimum absolute atomic E-state index is 0.0412. The van der Waals surface area contributed by atoms with Gasteiger partial charge in [-0.3, -0.25) is 10.1 Å². The summed E-state index contributed by atoms with van der Waals surface area (Å²) >= 11 is 1.53. The Balaban J connectivity index is 1.73. The number of benzene rings is 1. The molecule has 0 saturated carbocycles. The lowest BCUT2D eigenvalue weighted by atomic mass is 10.2. The van der Waals surface area contributed by atoms with E-state index in [1.807, 2.05) is 16.8 Å². The number of hydrogen-bond acceptors (Lipinski definition) is 6. The van der Waals surface area contributed by atoms with Crippen molar-refractivity contribution in [2.45, 2.75) is 6.61 Å². The Hall–Kier alpha value is -3.00. The van der Waals surface area contributed by atoms with Gasteiger partial charge in [0, 0.05) is 23.3 Å². The Labute approximate surface area is 134 Å². The lowest BCUT2D eigenvalue weighted by Crippen LogP contribution is -2.05. The van der Waals surface area contributed by atoms with Gasteiger partial charge in [0.2, 0.25) is 0 Å². The summed E-state index contributed by atoms with van der Waals surface area (Å²) in [4.78, 5) is 29.2. The van der Waals surface area contributed by atoms with E-state index in [9.17, 15) is 14.9 Å². The molecule has 23 heavy (non-hydrogen) atoms. The quantitative estimate of drug-likeness (QED) is 0.439. The number of nitrogens with one attached hydrogen (secondary N) is 1. The number of imidazole rings is 1. The first-order valence-electron chi connectivity index (χ1n) is 6.61. The van der Waals surface area contributed by atoms with Gasteiger partial charge < -0.3 is 9.72 Å². The average molecular weight is 329 g/mol.